The molecule has 2 aliphatic heterocycles. The first-order valence-electron chi connectivity index (χ1n) is 10.1. The Bertz CT molecular complexity index is 1090. The van der Waals surface area contributed by atoms with E-state index in [0.717, 1.165) is 11.4 Å². The third-order valence-electron chi connectivity index (χ3n) is 5.74. The van der Waals surface area contributed by atoms with Gasteiger partial charge in [-0.3, -0.25) is 14.6 Å². The van der Waals surface area contributed by atoms with Crippen LogP contribution in [0.1, 0.15) is 18.2 Å². The number of likely N-dealkylation sites (tertiary alicyclic amines) is 1. The highest BCUT2D eigenvalue weighted by atomic mass is 16.5. The number of ether oxygens (including phenoxy) is 1. The van der Waals surface area contributed by atoms with E-state index in [-0.39, 0.29) is 30.1 Å². The van der Waals surface area contributed by atoms with E-state index >= 15 is 0 Å². The van der Waals surface area contributed by atoms with Gasteiger partial charge in [-0.05, 0) is 36.4 Å². The fraction of sp³-hybridized carbons (Fsp3) is 0.318. The van der Waals surface area contributed by atoms with Crippen molar-refractivity contribution >= 4 is 17.5 Å². The first-order chi connectivity index (χ1) is 15.1. The van der Waals surface area contributed by atoms with Crippen LogP contribution in [0.3, 0.4) is 0 Å². The van der Waals surface area contributed by atoms with Crippen molar-refractivity contribution in [3.63, 3.8) is 0 Å². The minimum atomic E-state index is -0.345. The summed E-state index contributed by atoms with van der Waals surface area (Å²) in [6.45, 7) is 1.40. The van der Waals surface area contributed by atoms with E-state index in [4.69, 9.17) is 9.26 Å². The smallest absolute Gasteiger partial charge is 0.233 e. The zero-order valence-corrected chi connectivity index (χ0v) is 17.0. The summed E-state index contributed by atoms with van der Waals surface area (Å²) in [6, 6.07) is 12.8. The first kappa shape index (κ1) is 19.2. The molecular formula is C22H21N5O4. The molecule has 5 rings (SSSR count). The van der Waals surface area contributed by atoms with Gasteiger partial charge < -0.3 is 19.1 Å². The molecule has 0 N–H and O–H groups in total. The van der Waals surface area contributed by atoms with Crippen molar-refractivity contribution in [3.05, 3.63) is 54.6 Å². The van der Waals surface area contributed by atoms with Crippen molar-refractivity contribution in [3.8, 4) is 17.3 Å². The van der Waals surface area contributed by atoms with E-state index in [9.17, 15) is 9.59 Å². The second kappa shape index (κ2) is 7.82. The number of carbonyl (C=O) groups excluding carboxylic acids is 2. The van der Waals surface area contributed by atoms with E-state index in [2.05, 4.69) is 15.1 Å². The number of rotatable bonds is 5. The molecule has 0 bridgehead atoms. The summed E-state index contributed by atoms with van der Waals surface area (Å²) in [5, 5.41) is 3.99. The molecule has 9 nitrogen and oxygen atoms in total. The number of amides is 2. The van der Waals surface area contributed by atoms with Gasteiger partial charge in [0.05, 0.1) is 18.9 Å². The van der Waals surface area contributed by atoms with E-state index in [0.29, 0.717) is 37.0 Å². The van der Waals surface area contributed by atoms with Gasteiger partial charge in [0, 0.05) is 37.9 Å². The van der Waals surface area contributed by atoms with Gasteiger partial charge in [0.1, 0.15) is 11.4 Å². The Hall–Kier alpha value is -3.75. The zero-order chi connectivity index (χ0) is 21.4. The largest absolute Gasteiger partial charge is 0.497 e. The normalized spacial score (nSPS) is 18.9. The zero-order valence-electron chi connectivity index (χ0n) is 17.0. The van der Waals surface area contributed by atoms with E-state index in [1.165, 1.54) is 0 Å². The molecule has 0 radical (unpaired) electrons. The number of nitrogens with zero attached hydrogens (tertiary/aromatic N) is 5. The van der Waals surface area contributed by atoms with E-state index < -0.39 is 0 Å². The Morgan fingerprint density at radius 3 is 2.65 bits per heavy atom. The number of pyridine rings is 1. The number of benzene rings is 1. The second-order valence-electron chi connectivity index (χ2n) is 7.71. The molecule has 2 aliphatic rings. The van der Waals surface area contributed by atoms with Crippen molar-refractivity contribution in [1.29, 1.82) is 0 Å². The SMILES string of the molecule is COc1ccc(N2CC(C(=O)N3CC(c4nc(-c5ccccn5)no4)C3)CC2=O)cc1. The Labute approximate surface area is 178 Å². The molecule has 2 amide bonds. The van der Waals surface area contributed by atoms with Crippen LogP contribution in [0.25, 0.3) is 11.5 Å². The Morgan fingerprint density at radius 1 is 1.13 bits per heavy atom. The lowest BCUT2D eigenvalue weighted by atomic mass is 9.96. The van der Waals surface area contributed by atoms with Crippen LogP contribution in [0.15, 0.2) is 53.2 Å². The number of aromatic nitrogens is 3. The van der Waals surface area contributed by atoms with Gasteiger partial charge in [-0.1, -0.05) is 11.2 Å². The van der Waals surface area contributed by atoms with Crippen LogP contribution in [-0.4, -0.2) is 58.6 Å². The molecule has 31 heavy (non-hydrogen) atoms. The van der Waals surface area contributed by atoms with Crippen molar-refractivity contribution in [1.82, 2.24) is 20.0 Å². The fourth-order valence-electron chi connectivity index (χ4n) is 3.96. The molecule has 0 saturated carbocycles. The maximum Gasteiger partial charge on any atom is 0.233 e. The van der Waals surface area contributed by atoms with Crippen LogP contribution in [0.4, 0.5) is 5.69 Å². The van der Waals surface area contributed by atoms with Gasteiger partial charge in [-0.25, -0.2) is 0 Å². The molecule has 158 valence electrons. The van der Waals surface area contributed by atoms with Crippen LogP contribution in [0.5, 0.6) is 5.75 Å². The second-order valence-corrected chi connectivity index (χ2v) is 7.71. The average Bonchev–Trinajstić information content (AvgIpc) is 3.41. The highest BCUT2D eigenvalue weighted by Gasteiger charge is 2.42. The van der Waals surface area contributed by atoms with E-state index in [1.54, 1.807) is 35.2 Å². The third-order valence-corrected chi connectivity index (χ3v) is 5.74. The number of methoxy groups -OCH3 is 1. The predicted octanol–water partition coefficient (Wildman–Crippen LogP) is 2.12. The van der Waals surface area contributed by atoms with Crippen LogP contribution >= 0.6 is 0 Å². The minimum Gasteiger partial charge on any atom is -0.497 e. The summed E-state index contributed by atoms with van der Waals surface area (Å²) >= 11 is 0. The van der Waals surface area contributed by atoms with Crippen LogP contribution in [0.2, 0.25) is 0 Å². The lowest BCUT2D eigenvalue weighted by Gasteiger charge is -2.38. The molecule has 3 aromatic rings. The highest BCUT2D eigenvalue weighted by molar-refractivity contribution is 6.00. The van der Waals surface area contributed by atoms with Gasteiger partial charge in [0.2, 0.25) is 23.5 Å². The summed E-state index contributed by atoms with van der Waals surface area (Å²) in [5.41, 5.74) is 1.42. The van der Waals surface area contributed by atoms with Gasteiger partial charge in [0.15, 0.2) is 0 Å². The molecule has 9 heteroatoms. The molecule has 2 fully saturated rings. The number of carbonyl (C=O) groups is 2. The van der Waals surface area contributed by atoms with Crippen LogP contribution < -0.4 is 9.64 Å². The molecule has 0 aliphatic carbocycles. The van der Waals surface area contributed by atoms with Crippen molar-refractivity contribution in [2.45, 2.75) is 12.3 Å². The number of hydrogen-bond acceptors (Lipinski definition) is 7. The topological polar surface area (TPSA) is 102 Å². The van der Waals surface area contributed by atoms with Crippen molar-refractivity contribution in [2.24, 2.45) is 5.92 Å². The molecule has 1 unspecified atom stereocenters. The minimum absolute atomic E-state index is 0.00343. The first-order valence-corrected chi connectivity index (χ1v) is 10.1. The lowest BCUT2D eigenvalue weighted by molar-refractivity contribution is -0.140. The highest BCUT2D eigenvalue weighted by Crippen LogP contribution is 2.32. The molecule has 2 saturated heterocycles. The van der Waals surface area contributed by atoms with Gasteiger partial charge in [-0.15, -0.1) is 0 Å². The van der Waals surface area contributed by atoms with Crippen LogP contribution in [0, 0.1) is 5.92 Å². The molecular weight excluding hydrogens is 398 g/mol. The fourth-order valence-corrected chi connectivity index (χ4v) is 3.96. The molecule has 2 aromatic heterocycles. The molecule has 0 spiro atoms. The van der Waals surface area contributed by atoms with Gasteiger partial charge in [0.25, 0.3) is 0 Å². The Kier molecular flexibility index (Phi) is 4.85. The van der Waals surface area contributed by atoms with Crippen LogP contribution in [-0.2, 0) is 9.59 Å². The van der Waals surface area contributed by atoms with Crippen molar-refractivity contribution in [2.75, 3.05) is 31.6 Å². The number of hydrogen-bond donors (Lipinski definition) is 0. The molecule has 1 aromatic carbocycles. The molecule has 4 heterocycles. The summed E-state index contributed by atoms with van der Waals surface area (Å²) in [6.07, 6.45) is 1.89. The number of anilines is 1. The maximum atomic E-state index is 12.9. The van der Waals surface area contributed by atoms with E-state index in [1.807, 2.05) is 30.3 Å². The monoisotopic (exact) mass is 419 g/mol. The van der Waals surface area contributed by atoms with Gasteiger partial charge in [-0.2, -0.15) is 4.98 Å². The Morgan fingerprint density at radius 2 is 1.94 bits per heavy atom. The standard InChI is InChI=1S/C22H21N5O4/c1-30-17-7-5-16(6-8-17)27-13-14(10-19(27)28)22(29)26-11-15(12-26)21-24-20(25-31-21)18-4-2-3-9-23-18/h2-9,14-15H,10-13H2,1H3. The lowest BCUT2D eigenvalue weighted by Crippen LogP contribution is -2.51. The predicted molar refractivity (Wildman–Crippen MR) is 110 cm³/mol. The average molecular weight is 419 g/mol. The summed E-state index contributed by atoms with van der Waals surface area (Å²) in [7, 11) is 1.60. The quantitative estimate of drug-likeness (QED) is 0.624. The molecule has 1 atom stereocenters. The summed E-state index contributed by atoms with van der Waals surface area (Å²) in [5.74, 6) is 1.28. The summed E-state index contributed by atoms with van der Waals surface area (Å²) in [4.78, 5) is 37.4. The summed E-state index contributed by atoms with van der Waals surface area (Å²) < 4.78 is 10.5. The van der Waals surface area contributed by atoms with Gasteiger partial charge >= 0.3 is 0 Å². The van der Waals surface area contributed by atoms with Crippen molar-refractivity contribution < 1.29 is 18.8 Å². The third kappa shape index (κ3) is 3.63. The Balaban J connectivity index is 1.19. The maximum absolute atomic E-state index is 12.9.